The summed E-state index contributed by atoms with van der Waals surface area (Å²) in [6.45, 7) is 1.93. The summed E-state index contributed by atoms with van der Waals surface area (Å²) < 4.78 is 2.76. The van der Waals surface area contributed by atoms with Crippen molar-refractivity contribution >= 4 is 15.9 Å². The van der Waals surface area contributed by atoms with Gasteiger partial charge in [0.25, 0.3) is 0 Å². The number of hydrogen-bond acceptors (Lipinski definition) is 2. The lowest BCUT2D eigenvalue weighted by molar-refractivity contribution is 0.862. The smallest absolute Gasteiger partial charge is 0.0991 e. The molecule has 0 saturated heterocycles. The van der Waals surface area contributed by atoms with Crippen LogP contribution in [0.4, 0.5) is 0 Å². The molecule has 0 aliphatic carbocycles. The molecule has 4 heteroatoms. The number of nitrogens with zero attached hydrogens (tertiary/aromatic N) is 3. The molecular weight excluding hydrogens is 254 g/mol. The van der Waals surface area contributed by atoms with Crippen LogP contribution in [0.25, 0.3) is 5.69 Å². The fourth-order valence-corrected chi connectivity index (χ4v) is 1.53. The van der Waals surface area contributed by atoms with Gasteiger partial charge < -0.3 is 0 Å². The maximum atomic E-state index is 8.67. The predicted octanol–water partition coefficient (Wildman–Crippen LogP) is 2.81. The molecule has 15 heavy (non-hydrogen) atoms. The van der Waals surface area contributed by atoms with Crippen molar-refractivity contribution in [2.75, 3.05) is 0 Å². The molecule has 0 saturated carbocycles. The minimum atomic E-state index is 0.654. The van der Waals surface area contributed by atoms with E-state index in [4.69, 9.17) is 5.26 Å². The Balaban J connectivity index is 2.42. The molecule has 0 spiro atoms. The van der Waals surface area contributed by atoms with E-state index in [-0.39, 0.29) is 0 Å². The number of rotatable bonds is 1. The van der Waals surface area contributed by atoms with Crippen LogP contribution >= 0.6 is 15.9 Å². The number of aryl methyl sites for hydroxylation is 1. The van der Waals surface area contributed by atoms with Crippen molar-refractivity contribution in [3.05, 3.63) is 46.2 Å². The van der Waals surface area contributed by atoms with Crippen LogP contribution in [0.5, 0.6) is 0 Å². The summed E-state index contributed by atoms with van der Waals surface area (Å²) >= 11 is 3.41. The monoisotopic (exact) mass is 261 g/mol. The average molecular weight is 262 g/mol. The number of hydrogen-bond donors (Lipinski definition) is 0. The van der Waals surface area contributed by atoms with Gasteiger partial charge >= 0.3 is 0 Å². The lowest BCUT2D eigenvalue weighted by Crippen LogP contribution is -1.94. The highest BCUT2D eigenvalue weighted by molar-refractivity contribution is 9.10. The Hall–Kier alpha value is -1.60. The largest absolute Gasteiger partial charge is 0.240 e. The summed E-state index contributed by atoms with van der Waals surface area (Å²) in [7, 11) is 0. The molecule has 2 aromatic rings. The van der Waals surface area contributed by atoms with E-state index in [2.05, 4.69) is 27.1 Å². The fraction of sp³-hybridized carbons (Fsp3) is 0.0909. The van der Waals surface area contributed by atoms with Gasteiger partial charge in [-0.25, -0.2) is 4.68 Å². The molecule has 3 nitrogen and oxygen atoms in total. The molecule has 2 rings (SSSR count). The van der Waals surface area contributed by atoms with Gasteiger partial charge in [-0.05, 0) is 47.1 Å². The Labute approximate surface area is 96.1 Å². The zero-order valence-corrected chi connectivity index (χ0v) is 9.69. The highest BCUT2D eigenvalue weighted by Crippen LogP contribution is 2.17. The molecule has 0 radical (unpaired) electrons. The summed E-state index contributed by atoms with van der Waals surface area (Å²) in [6.07, 6.45) is 1.90. The lowest BCUT2D eigenvalue weighted by atomic mass is 10.2. The summed E-state index contributed by atoms with van der Waals surface area (Å²) in [5.74, 6) is 0. The predicted molar refractivity (Wildman–Crippen MR) is 60.7 cm³/mol. The molecule has 1 aromatic carbocycles. The van der Waals surface area contributed by atoms with Crippen molar-refractivity contribution < 1.29 is 0 Å². The topological polar surface area (TPSA) is 41.6 Å². The van der Waals surface area contributed by atoms with Gasteiger partial charge in [0, 0.05) is 6.20 Å². The first-order valence-electron chi connectivity index (χ1n) is 4.43. The van der Waals surface area contributed by atoms with Gasteiger partial charge in [0.1, 0.15) is 0 Å². The van der Waals surface area contributed by atoms with Gasteiger partial charge in [0.15, 0.2) is 0 Å². The van der Waals surface area contributed by atoms with Gasteiger partial charge in [0.2, 0.25) is 0 Å². The minimum Gasteiger partial charge on any atom is -0.240 e. The van der Waals surface area contributed by atoms with Crippen molar-refractivity contribution in [3.63, 3.8) is 0 Å². The molecular formula is C11H8BrN3. The molecule has 0 bridgehead atoms. The molecule has 0 aliphatic heterocycles. The Morgan fingerprint density at radius 3 is 2.47 bits per heavy atom. The van der Waals surface area contributed by atoms with Gasteiger partial charge in [-0.2, -0.15) is 10.4 Å². The first-order chi connectivity index (χ1) is 7.20. The summed E-state index contributed by atoms with van der Waals surface area (Å²) in [4.78, 5) is 0. The highest BCUT2D eigenvalue weighted by Gasteiger charge is 2.02. The van der Waals surface area contributed by atoms with E-state index < -0.39 is 0 Å². The Bertz CT molecular complexity index is 500. The summed E-state index contributed by atoms with van der Waals surface area (Å²) in [5.41, 5.74) is 2.55. The fourth-order valence-electron chi connectivity index (χ4n) is 1.26. The molecule has 74 valence electrons. The van der Waals surface area contributed by atoms with Crippen molar-refractivity contribution in [2.24, 2.45) is 0 Å². The van der Waals surface area contributed by atoms with Crippen molar-refractivity contribution in [1.29, 1.82) is 5.26 Å². The minimum absolute atomic E-state index is 0.654. The van der Waals surface area contributed by atoms with Gasteiger partial charge in [-0.3, -0.25) is 0 Å². The van der Waals surface area contributed by atoms with Crippen LogP contribution in [-0.2, 0) is 0 Å². The summed E-state index contributed by atoms with van der Waals surface area (Å²) in [5, 5.41) is 13.0. The normalized spacial score (nSPS) is 9.93. The zero-order valence-electron chi connectivity index (χ0n) is 8.11. The van der Waals surface area contributed by atoms with E-state index in [1.165, 1.54) is 0 Å². The van der Waals surface area contributed by atoms with Crippen LogP contribution in [-0.4, -0.2) is 9.78 Å². The van der Waals surface area contributed by atoms with Crippen LogP contribution in [0.15, 0.2) is 34.9 Å². The second-order valence-corrected chi connectivity index (χ2v) is 4.02. The van der Waals surface area contributed by atoms with Crippen LogP contribution in [0, 0.1) is 18.3 Å². The van der Waals surface area contributed by atoms with Crippen LogP contribution < -0.4 is 0 Å². The third kappa shape index (κ3) is 1.92. The quantitative estimate of drug-likeness (QED) is 0.792. The van der Waals surface area contributed by atoms with E-state index in [0.717, 1.165) is 15.9 Å². The average Bonchev–Trinajstić information content (AvgIpc) is 2.59. The second-order valence-electron chi connectivity index (χ2n) is 3.17. The molecule has 0 amide bonds. The number of aromatic nitrogens is 2. The Morgan fingerprint density at radius 2 is 2.00 bits per heavy atom. The molecule has 0 N–H and O–H groups in total. The first kappa shape index (κ1) is 9.94. The van der Waals surface area contributed by atoms with Crippen molar-refractivity contribution in [2.45, 2.75) is 6.92 Å². The highest BCUT2D eigenvalue weighted by atomic mass is 79.9. The third-order valence-electron chi connectivity index (χ3n) is 2.10. The van der Waals surface area contributed by atoms with E-state index in [9.17, 15) is 0 Å². The van der Waals surface area contributed by atoms with Crippen LogP contribution in [0.2, 0.25) is 0 Å². The number of nitriles is 1. The molecule has 1 aromatic heterocycles. The van der Waals surface area contributed by atoms with Crippen LogP contribution in [0.1, 0.15) is 11.3 Å². The van der Waals surface area contributed by atoms with Gasteiger partial charge in [-0.1, -0.05) is 0 Å². The van der Waals surface area contributed by atoms with E-state index in [0.29, 0.717) is 5.56 Å². The van der Waals surface area contributed by atoms with E-state index in [1.807, 2.05) is 25.3 Å². The van der Waals surface area contributed by atoms with Gasteiger partial charge in [-0.15, -0.1) is 0 Å². The molecule has 0 fully saturated rings. The first-order valence-corrected chi connectivity index (χ1v) is 5.22. The third-order valence-corrected chi connectivity index (χ3v) is 2.88. The van der Waals surface area contributed by atoms with Crippen LogP contribution in [0.3, 0.4) is 0 Å². The summed E-state index contributed by atoms with van der Waals surface area (Å²) in [6, 6.07) is 9.38. The Kier molecular flexibility index (Phi) is 2.57. The van der Waals surface area contributed by atoms with Gasteiger partial charge in [0.05, 0.1) is 27.5 Å². The lowest BCUT2D eigenvalue weighted by Gasteiger charge is -1.99. The van der Waals surface area contributed by atoms with E-state index in [1.54, 1.807) is 16.8 Å². The molecule has 0 atom stereocenters. The molecule has 0 unspecified atom stereocenters. The van der Waals surface area contributed by atoms with Crippen molar-refractivity contribution in [3.8, 4) is 11.8 Å². The van der Waals surface area contributed by atoms with E-state index >= 15 is 0 Å². The zero-order chi connectivity index (χ0) is 10.8. The van der Waals surface area contributed by atoms with Crippen molar-refractivity contribution in [1.82, 2.24) is 9.78 Å². The maximum absolute atomic E-state index is 8.67. The number of benzene rings is 1. The SMILES string of the molecule is Cc1nn(-c2ccc(C#N)cc2)cc1Br. The molecule has 0 aliphatic rings. The maximum Gasteiger partial charge on any atom is 0.0991 e. The standard InChI is InChI=1S/C11H8BrN3/c1-8-11(12)7-15(14-8)10-4-2-9(6-13)3-5-10/h2-5,7H,1H3. The Morgan fingerprint density at radius 1 is 1.33 bits per heavy atom. The molecule has 1 heterocycles. The number of halogens is 1. The second kappa shape index (κ2) is 3.87.